The SMILES string of the molecule is CCC(=O)Nc1ccc(-c2csc(NC(=O)c3cnc4c(cnn4C(C)C)c3)n2)cc1. The van der Waals surface area contributed by atoms with Crippen LogP contribution in [0, 0.1) is 0 Å². The Morgan fingerprint density at radius 2 is 1.90 bits per heavy atom. The smallest absolute Gasteiger partial charge is 0.259 e. The number of fused-ring (bicyclic) bond motifs is 1. The van der Waals surface area contributed by atoms with Gasteiger partial charge in [-0.1, -0.05) is 19.1 Å². The quantitative estimate of drug-likeness (QED) is 0.456. The van der Waals surface area contributed by atoms with Crippen LogP contribution in [0.25, 0.3) is 22.3 Å². The van der Waals surface area contributed by atoms with Crippen LogP contribution in [-0.2, 0) is 4.79 Å². The van der Waals surface area contributed by atoms with Gasteiger partial charge in [-0.2, -0.15) is 5.10 Å². The lowest BCUT2D eigenvalue weighted by Crippen LogP contribution is -2.12. The van der Waals surface area contributed by atoms with Gasteiger partial charge in [0.2, 0.25) is 5.91 Å². The maximum absolute atomic E-state index is 12.7. The number of rotatable bonds is 6. The summed E-state index contributed by atoms with van der Waals surface area (Å²) < 4.78 is 1.82. The molecule has 0 fully saturated rings. The largest absolute Gasteiger partial charge is 0.326 e. The van der Waals surface area contributed by atoms with Crippen LogP contribution in [0.2, 0.25) is 0 Å². The molecule has 3 aromatic heterocycles. The van der Waals surface area contributed by atoms with Crippen LogP contribution in [-0.4, -0.2) is 31.6 Å². The maximum atomic E-state index is 12.7. The topological polar surface area (TPSA) is 102 Å². The number of nitrogens with zero attached hydrogens (tertiary/aromatic N) is 4. The molecule has 31 heavy (non-hydrogen) atoms. The van der Waals surface area contributed by atoms with E-state index in [-0.39, 0.29) is 17.9 Å². The maximum Gasteiger partial charge on any atom is 0.259 e. The predicted molar refractivity (Wildman–Crippen MR) is 122 cm³/mol. The zero-order valence-corrected chi connectivity index (χ0v) is 18.2. The first-order chi connectivity index (χ1) is 14.9. The van der Waals surface area contributed by atoms with Gasteiger partial charge in [0.1, 0.15) is 0 Å². The third-order valence-electron chi connectivity index (χ3n) is 4.69. The zero-order chi connectivity index (χ0) is 22.0. The van der Waals surface area contributed by atoms with E-state index in [0.717, 1.165) is 28.0 Å². The molecule has 0 unspecified atom stereocenters. The van der Waals surface area contributed by atoms with E-state index in [1.165, 1.54) is 11.3 Å². The summed E-state index contributed by atoms with van der Waals surface area (Å²) in [5, 5.41) is 13.2. The second-order valence-electron chi connectivity index (χ2n) is 7.29. The van der Waals surface area contributed by atoms with Gasteiger partial charge in [-0.15, -0.1) is 11.3 Å². The lowest BCUT2D eigenvalue weighted by Gasteiger charge is -2.06. The number of anilines is 2. The number of hydrogen-bond donors (Lipinski definition) is 2. The van der Waals surface area contributed by atoms with Gasteiger partial charge in [-0.3, -0.25) is 14.9 Å². The highest BCUT2D eigenvalue weighted by molar-refractivity contribution is 7.14. The molecule has 0 aliphatic heterocycles. The van der Waals surface area contributed by atoms with Crippen molar-refractivity contribution in [3.63, 3.8) is 0 Å². The van der Waals surface area contributed by atoms with Crippen LogP contribution < -0.4 is 10.6 Å². The van der Waals surface area contributed by atoms with Gasteiger partial charge in [0.05, 0.1) is 17.5 Å². The van der Waals surface area contributed by atoms with Crippen molar-refractivity contribution in [3.8, 4) is 11.3 Å². The van der Waals surface area contributed by atoms with Gasteiger partial charge >= 0.3 is 0 Å². The number of hydrogen-bond acceptors (Lipinski definition) is 6. The first kappa shape index (κ1) is 20.7. The fraction of sp³-hybridized carbons (Fsp3) is 0.227. The molecule has 1 aromatic carbocycles. The van der Waals surface area contributed by atoms with E-state index in [2.05, 4.69) is 25.7 Å². The first-order valence-corrected chi connectivity index (χ1v) is 10.8. The highest BCUT2D eigenvalue weighted by atomic mass is 32.1. The summed E-state index contributed by atoms with van der Waals surface area (Å²) in [6.07, 6.45) is 3.70. The summed E-state index contributed by atoms with van der Waals surface area (Å²) in [6.45, 7) is 5.87. The molecule has 0 aliphatic rings. The lowest BCUT2D eigenvalue weighted by molar-refractivity contribution is -0.115. The molecule has 0 atom stereocenters. The Kier molecular flexibility index (Phi) is 5.77. The van der Waals surface area contributed by atoms with Gasteiger partial charge in [-0.05, 0) is 32.0 Å². The van der Waals surface area contributed by atoms with E-state index in [4.69, 9.17) is 0 Å². The molecule has 0 spiro atoms. The number of nitrogens with one attached hydrogen (secondary N) is 2. The van der Waals surface area contributed by atoms with Gasteiger partial charge in [-0.25, -0.2) is 14.6 Å². The molecule has 4 aromatic rings. The minimum Gasteiger partial charge on any atom is -0.326 e. The molecule has 158 valence electrons. The Hall–Kier alpha value is -3.59. The third-order valence-corrected chi connectivity index (χ3v) is 5.45. The van der Waals surface area contributed by atoms with Crippen molar-refractivity contribution in [2.75, 3.05) is 10.6 Å². The summed E-state index contributed by atoms with van der Waals surface area (Å²) in [6, 6.07) is 9.40. The predicted octanol–water partition coefficient (Wildman–Crippen LogP) is 4.74. The molecule has 2 N–H and O–H groups in total. The molecule has 0 saturated carbocycles. The summed E-state index contributed by atoms with van der Waals surface area (Å²) in [5.41, 5.74) is 3.59. The van der Waals surface area contributed by atoms with E-state index in [1.807, 2.05) is 55.1 Å². The van der Waals surface area contributed by atoms with Gasteiger partial charge < -0.3 is 5.32 Å². The van der Waals surface area contributed by atoms with Crippen LogP contribution in [0.3, 0.4) is 0 Å². The Morgan fingerprint density at radius 3 is 2.61 bits per heavy atom. The minimum absolute atomic E-state index is 0.0318. The molecular weight excluding hydrogens is 412 g/mol. The van der Waals surface area contributed by atoms with Gasteiger partial charge in [0, 0.05) is 40.7 Å². The third kappa shape index (κ3) is 4.46. The molecule has 0 radical (unpaired) electrons. The van der Waals surface area contributed by atoms with Crippen LogP contribution in [0.1, 0.15) is 43.6 Å². The Balaban J connectivity index is 1.46. The van der Waals surface area contributed by atoms with E-state index in [1.54, 1.807) is 18.5 Å². The molecule has 9 heteroatoms. The van der Waals surface area contributed by atoms with E-state index < -0.39 is 0 Å². The van der Waals surface area contributed by atoms with E-state index in [0.29, 0.717) is 17.1 Å². The molecule has 0 bridgehead atoms. The Labute approximate surface area is 183 Å². The summed E-state index contributed by atoms with van der Waals surface area (Å²) in [7, 11) is 0. The van der Waals surface area contributed by atoms with Crippen molar-refractivity contribution in [2.24, 2.45) is 0 Å². The van der Waals surface area contributed by atoms with Crippen molar-refractivity contribution in [2.45, 2.75) is 33.2 Å². The van der Waals surface area contributed by atoms with Crippen molar-refractivity contribution in [1.82, 2.24) is 19.7 Å². The fourth-order valence-corrected chi connectivity index (χ4v) is 3.76. The number of amides is 2. The molecule has 0 aliphatic carbocycles. The zero-order valence-electron chi connectivity index (χ0n) is 17.4. The molecule has 0 saturated heterocycles. The molecule has 2 amide bonds. The molecule has 8 nitrogen and oxygen atoms in total. The van der Waals surface area contributed by atoms with Gasteiger partial charge in [0.25, 0.3) is 5.91 Å². The van der Waals surface area contributed by atoms with Gasteiger partial charge in [0.15, 0.2) is 10.8 Å². The Bertz CT molecular complexity index is 1240. The lowest BCUT2D eigenvalue weighted by atomic mass is 10.1. The monoisotopic (exact) mass is 434 g/mol. The number of thiazole rings is 1. The average molecular weight is 435 g/mol. The molecule has 4 rings (SSSR count). The number of carbonyl (C=O) groups excluding carboxylic acids is 2. The van der Waals surface area contributed by atoms with Crippen LogP contribution in [0.4, 0.5) is 10.8 Å². The normalized spacial score (nSPS) is 11.1. The fourth-order valence-electron chi connectivity index (χ4n) is 3.05. The number of aromatic nitrogens is 4. The highest BCUT2D eigenvalue weighted by Gasteiger charge is 2.14. The first-order valence-electron chi connectivity index (χ1n) is 9.95. The highest BCUT2D eigenvalue weighted by Crippen LogP contribution is 2.26. The molecular formula is C22H22N6O2S. The second-order valence-corrected chi connectivity index (χ2v) is 8.15. The standard InChI is InChI=1S/C22H22N6O2S/c1-4-19(29)25-17-7-5-14(6-8-17)18-12-31-22(26-18)27-21(30)16-9-15-11-24-28(13(2)3)20(15)23-10-16/h5-13H,4H2,1-3H3,(H,25,29)(H,26,27,30). The van der Waals surface area contributed by atoms with E-state index >= 15 is 0 Å². The van der Waals surface area contributed by atoms with E-state index in [9.17, 15) is 9.59 Å². The summed E-state index contributed by atoms with van der Waals surface area (Å²) >= 11 is 1.35. The number of pyridine rings is 1. The average Bonchev–Trinajstić information content (AvgIpc) is 3.40. The summed E-state index contributed by atoms with van der Waals surface area (Å²) in [4.78, 5) is 33.1. The van der Waals surface area contributed by atoms with Crippen molar-refractivity contribution in [1.29, 1.82) is 0 Å². The van der Waals surface area contributed by atoms with Crippen LogP contribution in [0.15, 0.2) is 48.1 Å². The van der Waals surface area contributed by atoms with Crippen molar-refractivity contribution < 1.29 is 9.59 Å². The second kappa shape index (κ2) is 8.65. The summed E-state index contributed by atoms with van der Waals surface area (Å²) in [5.74, 6) is -0.305. The number of carbonyl (C=O) groups is 2. The van der Waals surface area contributed by atoms with Crippen molar-refractivity contribution >= 4 is 45.0 Å². The van der Waals surface area contributed by atoms with Crippen molar-refractivity contribution in [3.05, 3.63) is 53.7 Å². The van der Waals surface area contributed by atoms with Crippen LogP contribution in [0.5, 0.6) is 0 Å². The van der Waals surface area contributed by atoms with Crippen LogP contribution >= 0.6 is 11.3 Å². The molecule has 3 heterocycles. The minimum atomic E-state index is -0.273. The number of benzene rings is 1. The Morgan fingerprint density at radius 1 is 1.13 bits per heavy atom.